The lowest BCUT2D eigenvalue weighted by molar-refractivity contribution is 0.00578. The van der Waals surface area contributed by atoms with Gasteiger partial charge in [0.15, 0.2) is 0 Å². The van der Waals surface area contributed by atoms with Gasteiger partial charge in [-0.25, -0.2) is 4.98 Å². The molecule has 3 heterocycles. The molecule has 2 aliphatic rings. The zero-order chi connectivity index (χ0) is 25.0. The average molecular weight is 474 g/mol. The summed E-state index contributed by atoms with van der Waals surface area (Å²) in [6, 6.07) is 15.3. The third-order valence-corrected chi connectivity index (χ3v) is 7.64. The molecular formula is C28H39BN4O2. The number of rotatable bonds is 4. The van der Waals surface area contributed by atoms with E-state index in [1.54, 1.807) is 0 Å². The van der Waals surface area contributed by atoms with Gasteiger partial charge in [-0.3, -0.25) is 0 Å². The number of hydrogen-bond acceptors (Lipinski definition) is 5. The fourth-order valence-electron chi connectivity index (χ4n) is 4.88. The van der Waals surface area contributed by atoms with Crippen LogP contribution in [0.25, 0.3) is 11.0 Å². The van der Waals surface area contributed by atoms with Crippen molar-refractivity contribution in [1.82, 2.24) is 9.97 Å². The van der Waals surface area contributed by atoms with Crippen molar-refractivity contribution in [2.75, 3.05) is 36.0 Å². The Kier molecular flexibility index (Phi) is 5.92. The molecule has 0 saturated carbocycles. The minimum atomic E-state index is -0.319. The SMILES string of the molecule is CC(C)(C)Cc1nc2ccc(N3CCN(c4ccc(B5OC(C)(C)C(C)(C)O5)cc4)CC3)cc2[nH]1. The lowest BCUT2D eigenvalue weighted by Gasteiger charge is -2.37. The molecule has 0 aliphatic carbocycles. The van der Waals surface area contributed by atoms with E-state index < -0.39 is 0 Å². The normalized spacial score (nSPS) is 20.1. The molecule has 0 spiro atoms. The van der Waals surface area contributed by atoms with Crippen LogP contribution < -0.4 is 15.3 Å². The van der Waals surface area contributed by atoms with Crippen molar-refractivity contribution >= 4 is 35.0 Å². The van der Waals surface area contributed by atoms with Crippen LogP contribution in [0.15, 0.2) is 42.5 Å². The Bertz CT molecular complexity index is 1170. The number of imidazole rings is 1. The van der Waals surface area contributed by atoms with E-state index in [1.807, 2.05) is 0 Å². The number of aromatic nitrogens is 2. The maximum atomic E-state index is 6.20. The summed E-state index contributed by atoms with van der Waals surface area (Å²) in [5.41, 5.74) is 5.34. The Morgan fingerprint density at radius 1 is 0.857 bits per heavy atom. The smallest absolute Gasteiger partial charge is 0.399 e. The van der Waals surface area contributed by atoms with Crippen LogP contribution in [0.5, 0.6) is 0 Å². The molecule has 7 heteroatoms. The van der Waals surface area contributed by atoms with Crippen molar-refractivity contribution in [1.29, 1.82) is 0 Å². The molecule has 1 N–H and O–H groups in total. The predicted molar refractivity (Wildman–Crippen MR) is 146 cm³/mol. The summed E-state index contributed by atoms with van der Waals surface area (Å²) < 4.78 is 12.4. The van der Waals surface area contributed by atoms with Gasteiger partial charge in [0.05, 0.1) is 22.2 Å². The second-order valence-corrected chi connectivity index (χ2v) is 12.3. The van der Waals surface area contributed by atoms with Crippen LogP contribution in [-0.2, 0) is 15.7 Å². The maximum Gasteiger partial charge on any atom is 0.494 e. The number of fused-ring (bicyclic) bond motifs is 1. The minimum absolute atomic E-state index is 0.218. The van der Waals surface area contributed by atoms with Crippen molar-refractivity contribution in [2.45, 2.75) is 66.1 Å². The number of benzene rings is 2. The highest BCUT2D eigenvalue weighted by molar-refractivity contribution is 6.62. The first-order valence-electron chi connectivity index (χ1n) is 12.8. The summed E-state index contributed by atoms with van der Waals surface area (Å²) in [6.45, 7) is 19.1. The molecule has 0 amide bonds. The quantitative estimate of drug-likeness (QED) is 0.552. The summed E-state index contributed by atoms with van der Waals surface area (Å²) in [5.74, 6) is 1.07. The van der Waals surface area contributed by atoms with E-state index in [1.165, 1.54) is 11.4 Å². The van der Waals surface area contributed by atoms with E-state index in [0.29, 0.717) is 0 Å². The van der Waals surface area contributed by atoms with Gasteiger partial charge >= 0.3 is 7.12 Å². The molecule has 2 fully saturated rings. The topological polar surface area (TPSA) is 53.6 Å². The van der Waals surface area contributed by atoms with Crippen LogP contribution in [0, 0.1) is 5.41 Å². The first kappa shape index (κ1) is 24.2. The summed E-state index contributed by atoms with van der Waals surface area (Å²) in [5, 5.41) is 0. The van der Waals surface area contributed by atoms with Gasteiger partial charge in [0, 0.05) is 44.0 Å². The van der Waals surface area contributed by atoms with Gasteiger partial charge in [-0.1, -0.05) is 32.9 Å². The zero-order valence-electron chi connectivity index (χ0n) is 22.3. The fourth-order valence-corrected chi connectivity index (χ4v) is 4.88. The Balaban J connectivity index is 1.21. The molecule has 1 aromatic heterocycles. The molecular weight excluding hydrogens is 435 g/mol. The van der Waals surface area contributed by atoms with Gasteiger partial charge in [-0.05, 0) is 68.9 Å². The van der Waals surface area contributed by atoms with Gasteiger partial charge in [0.25, 0.3) is 0 Å². The summed E-state index contributed by atoms with van der Waals surface area (Å²) in [6.07, 6.45) is 0.947. The molecule has 0 unspecified atom stereocenters. The van der Waals surface area contributed by atoms with Crippen molar-refractivity contribution < 1.29 is 9.31 Å². The van der Waals surface area contributed by atoms with Crippen LogP contribution in [0.3, 0.4) is 0 Å². The predicted octanol–water partition coefficient (Wildman–Crippen LogP) is 4.78. The van der Waals surface area contributed by atoms with Crippen LogP contribution in [0.1, 0.15) is 54.3 Å². The zero-order valence-corrected chi connectivity index (χ0v) is 22.3. The summed E-state index contributed by atoms with van der Waals surface area (Å²) in [7, 11) is -0.313. The van der Waals surface area contributed by atoms with Crippen molar-refractivity contribution in [3.63, 3.8) is 0 Å². The Hall–Kier alpha value is -2.51. The Labute approximate surface area is 210 Å². The number of H-pyrrole nitrogens is 1. The van der Waals surface area contributed by atoms with Crippen LogP contribution >= 0.6 is 0 Å². The molecule has 2 aromatic carbocycles. The van der Waals surface area contributed by atoms with Crippen molar-refractivity contribution in [3.8, 4) is 0 Å². The van der Waals surface area contributed by atoms with E-state index >= 15 is 0 Å². The molecule has 0 bridgehead atoms. The van der Waals surface area contributed by atoms with Gasteiger partial charge in [0.2, 0.25) is 0 Å². The minimum Gasteiger partial charge on any atom is -0.399 e. The van der Waals surface area contributed by atoms with Crippen LogP contribution in [-0.4, -0.2) is 54.5 Å². The van der Waals surface area contributed by atoms with Crippen LogP contribution in [0.4, 0.5) is 11.4 Å². The average Bonchev–Trinajstić information content (AvgIpc) is 3.27. The second kappa shape index (κ2) is 8.56. The first-order valence-corrected chi connectivity index (χ1v) is 12.8. The molecule has 0 atom stereocenters. The lowest BCUT2D eigenvalue weighted by Crippen LogP contribution is -2.46. The van der Waals surface area contributed by atoms with E-state index in [2.05, 4.69) is 106 Å². The monoisotopic (exact) mass is 474 g/mol. The lowest BCUT2D eigenvalue weighted by atomic mass is 9.79. The molecule has 5 rings (SSSR count). The number of hydrogen-bond donors (Lipinski definition) is 1. The molecule has 2 aliphatic heterocycles. The molecule has 186 valence electrons. The highest BCUT2D eigenvalue weighted by Crippen LogP contribution is 2.36. The van der Waals surface area contributed by atoms with E-state index in [9.17, 15) is 0 Å². The van der Waals surface area contributed by atoms with Gasteiger partial charge in [-0.15, -0.1) is 0 Å². The molecule has 6 nitrogen and oxygen atoms in total. The van der Waals surface area contributed by atoms with Gasteiger partial charge in [-0.2, -0.15) is 0 Å². The molecule has 35 heavy (non-hydrogen) atoms. The number of piperazine rings is 1. The van der Waals surface area contributed by atoms with E-state index in [-0.39, 0.29) is 23.7 Å². The molecule has 2 saturated heterocycles. The largest absolute Gasteiger partial charge is 0.494 e. The molecule has 3 aromatic rings. The van der Waals surface area contributed by atoms with Gasteiger partial charge in [0.1, 0.15) is 5.82 Å². The molecule has 0 radical (unpaired) electrons. The summed E-state index contributed by atoms with van der Waals surface area (Å²) >= 11 is 0. The van der Waals surface area contributed by atoms with Gasteiger partial charge < -0.3 is 24.1 Å². The number of nitrogens with zero attached hydrogens (tertiary/aromatic N) is 3. The van der Waals surface area contributed by atoms with Crippen molar-refractivity contribution in [2.24, 2.45) is 5.41 Å². The van der Waals surface area contributed by atoms with Crippen LogP contribution in [0.2, 0.25) is 0 Å². The maximum absolute atomic E-state index is 6.20. The Morgan fingerprint density at radius 2 is 1.40 bits per heavy atom. The third kappa shape index (κ3) is 4.94. The highest BCUT2D eigenvalue weighted by atomic mass is 16.7. The third-order valence-electron chi connectivity index (χ3n) is 7.64. The standard InChI is InChI=1S/C28H39BN4O2/c1-26(2,3)19-25-30-23-13-12-22(18-24(23)31-25)33-16-14-32(15-17-33)21-10-8-20(9-11-21)29-34-27(4,5)28(6,7)35-29/h8-13,18H,14-17,19H2,1-7H3,(H,30,31). The second-order valence-electron chi connectivity index (χ2n) is 12.3. The Morgan fingerprint density at radius 3 is 1.97 bits per heavy atom. The first-order chi connectivity index (χ1) is 16.4. The highest BCUT2D eigenvalue weighted by Gasteiger charge is 2.51. The van der Waals surface area contributed by atoms with E-state index in [0.717, 1.165) is 54.9 Å². The number of aromatic amines is 1. The summed E-state index contributed by atoms with van der Waals surface area (Å²) in [4.78, 5) is 13.3. The fraction of sp³-hybridized carbons (Fsp3) is 0.536. The van der Waals surface area contributed by atoms with Crippen molar-refractivity contribution in [3.05, 3.63) is 48.3 Å². The number of anilines is 2. The van der Waals surface area contributed by atoms with E-state index in [4.69, 9.17) is 14.3 Å². The number of nitrogens with one attached hydrogen (secondary N) is 1.